The average molecular weight is 305 g/mol. The van der Waals surface area contributed by atoms with Gasteiger partial charge in [0.2, 0.25) is 0 Å². The van der Waals surface area contributed by atoms with Crippen LogP contribution in [0.15, 0.2) is 67.3 Å². The number of aromatic nitrogens is 3. The minimum absolute atomic E-state index is 0.627. The largest absolute Gasteiger partial charge is 0.275 e. The van der Waals surface area contributed by atoms with Crippen LogP contribution in [0.5, 0.6) is 0 Å². The summed E-state index contributed by atoms with van der Waals surface area (Å²) >= 11 is 0. The Morgan fingerprint density at radius 2 is 1.57 bits per heavy atom. The molecule has 0 atom stereocenters. The molecular formula is C18H19N5. The summed E-state index contributed by atoms with van der Waals surface area (Å²) in [5.74, 6) is 0. The van der Waals surface area contributed by atoms with Gasteiger partial charge in [-0.15, -0.1) is 10.2 Å². The van der Waals surface area contributed by atoms with Crippen LogP contribution in [0.4, 0.5) is 11.4 Å². The molecule has 0 fully saturated rings. The molecule has 5 nitrogen and oxygen atoms in total. The van der Waals surface area contributed by atoms with E-state index in [2.05, 4.69) is 27.2 Å². The molecule has 0 aliphatic carbocycles. The van der Waals surface area contributed by atoms with E-state index < -0.39 is 0 Å². The van der Waals surface area contributed by atoms with Crippen LogP contribution in [0.1, 0.15) is 19.4 Å². The molecular weight excluding hydrogens is 286 g/mol. The van der Waals surface area contributed by atoms with E-state index in [0.717, 1.165) is 5.69 Å². The molecule has 0 spiro atoms. The maximum atomic E-state index is 7.03. The lowest BCUT2D eigenvalue weighted by Crippen LogP contribution is -2.27. The second kappa shape index (κ2) is 8.35. The number of rotatable bonds is 4. The SMILES string of the molecule is CC.[C-]#[N+]c1ccc(N(Cc2ccccc2)n2cnnc2)cc1. The van der Waals surface area contributed by atoms with Gasteiger partial charge in [-0.05, 0) is 17.7 Å². The molecule has 2 aromatic carbocycles. The predicted molar refractivity (Wildman–Crippen MR) is 92.1 cm³/mol. The molecule has 0 saturated heterocycles. The first-order valence-electron chi connectivity index (χ1n) is 7.51. The van der Waals surface area contributed by atoms with Crippen LogP contribution in [-0.2, 0) is 6.54 Å². The molecule has 5 heteroatoms. The van der Waals surface area contributed by atoms with Crippen molar-refractivity contribution in [3.05, 3.63) is 84.2 Å². The van der Waals surface area contributed by atoms with Crippen LogP contribution in [-0.4, -0.2) is 14.9 Å². The summed E-state index contributed by atoms with van der Waals surface area (Å²) in [6, 6.07) is 17.7. The van der Waals surface area contributed by atoms with Crippen LogP contribution in [0.25, 0.3) is 4.85 Å². The summed E-state index contributed by atoms with van der Waals surface area (Å²) in [7, 11) is 0. The number of benzene rings is 2. The van der Waals surface area contributed by atoms with E-state index in [4.69, 9.17) is 6.57 Å². The van der Waals surface area contributed by atoms with E-state index in [9.17, 15) is 0 Å². The second-order valence-corrected chi connectivity index (χ2v) is 4.51. The van der Waals surface area contributed by atoms with E-state index in [0.29, 0.717) is 12.2 Å². The Bertz CT molecular complexity index is 727. The quantitative estimate of drug-likeness (QED) is 0.674. The number of nitrogens with zero attached hydrogens (tertiary/aromatic N) is 5. The second-order valence-electron chi connectivity index (χ2n) is 4.51. The van der Waals surface area contributed by atoms with E-state index in [1.54, 1.807) is 12.7 Å². The van der Waals surface area contributed by atoms with Crippen LogP contribution >= 0.6 is 0 Å². The topological polar surface area (TPSA) is 38.3 Å². The van der Waals surface area contributed by atoms with Crippen LogP contribution in [0, 0.1) is 6.57 Å². The Labute approximate surface area is 136 Å². The van der Waals surface area contributed by atoms with Gasteiger partial charge < -0.3 is 0 Å². The summed E-state index contributed by atoms with van der Waals surface area (Å²) in [4.78, 5) is 3.42. The Hall–Kier alpha value is -3.13. The van der Waals surface area contributed by atoms with Crippen molar-refractivity contribution < 1.29 is 0 Å². The molecule has 116 valence electrons. The summed E-state index contributed by atoms with van der Waals surface area (Å²) in [5.41, 5.74) is 2.79. The van der Waals surface area contributed by atoms with Gasteiger partial charge in [-0.3, -0.25) is 5.01 Å². The Kier molecular flexibility index (Phi) is 5.89. The molecule has 0 aliphatic rings. The lowest BCUT2D eigenvalue weighted by Gasteiger charge is -2.25. The molecule has 0 aliphatic heterocycles. The minimum Gasteiger partial charge on any atom is -0.275 e. The van der Waals surface area contributed by atoms with Gasteiger partial charge in [0.25, 0.3) is 0 Å². The van der Waals surface area contributed by atoms with Crippen molar-refractivity contribution in [3.8, 4) is 0 Å². The average Bonchev–Trinajstić information content (AvgIpc) is 3.17. The van der Waals surface area contributed by atoms with Crippen LogP contribution in [0.2, 0.25) is 0 Å². The molecule has 0 saturated carbocycles. The summed E-state index contributed by atoms with van der Waals surface area (Å²) in [5, 5.41) is 9.78. The van der Waals surface area contributed by atoms with E-state index in [-0.39, 0.29) is 0 Å². The molecule has 3 aromatic rings. The van der Waals surface area contributed by atoms with E-state index in [1.807, 2.05) is 66.0 Å². The molecule has 1 heterocycles. The maximum absolute atomic E-state index is 7.03. The zero-order valence-corrected chi connectivity index (χ0v) is 13.3. The van der Waals surface area contributed by atoms with E-state index in [1.165, 1.54) is 5.56 Å². The Morgan fingerprint density at radius 1 is 0.957 bits per heavy atom. The normalized spacial score (nSPS) is 9.43. The van der Waals surface area contributed by atoms with Crippen LogP contribution in [0.3, 0.4) is 0 Å². The first-order chi connectivity index (χ1) is 11.4. The van der Waals surface area contributed by atoms with Crippen molar-refractivity contribution in [2.75, 3.05) is 5.01 Å². The zero-order chi connectivity index (χ0) is 16.5. The van der Waals surface area contributed by atoms with Gasteiger partial charge in [0, 0.05) is 0 Å². The van der Waals surface area contributed by atoms with Crippen molar-refractivity contribution in [3.63, 3.8) is 0 Å². The van der Waals surface area contributed by atoms with Crippen molar-refractivity contribution in [2.45, 2.75) is 20.4 Å². The highest BCUT2D eigenvalue weighted by Gasteiger charge is 2.09. The first-order valence-corrected chi connectivity index (χ1v) is 7.51. The van der Waals surface area contributed by atoms with Gasteiger partial charge in [-0.2, -0.15) is 0 Å². The van der Waals surface area contributed by atoms with Gasteiger partial charge >= 0.3 is 0 Å². The van der Waals surface area contributed by atoms with Gasteiger partial charge in [-0.1, -0.05) is 56.3 Å². The molecule has 0 unspecified atom stereocenters. The molecule has 0 amide bonds. The monoisotopic (exact) mass is 305 g/mol. The lowest BCUT2D eigenvalue weighted by atomic mass is 10.2. The Balaban J connectivity index is 0.000000924. The fourth-order valence-corrected chi connectivity index (χ4v) is 2.08. The number of hydrogen-bond donors (Lipinski definition) is 0. The number of anilines is 1. The highest BCUT2D eigenvalue weighted by Crippen LogP contribution is 2.22. The van der Waals surface area contributed by atoms with Crippen molar-refractivity contribution in [2.24, 2.45) is 0 Å². The fraction of sp³-hybridized carbons (Fsp3) is 0.167. The van der Waals surface area contributed by atoms with Crippen LogP contribution < -0.4 is 5.01 Å². The van der Waals surface area contributed by atoms with Crippen molar-refractivity contribution in [1.29, 1.82) is 0 Å². The number of hydrogen-bond acceptors (Lipinski definition) is 3. The summed E-state index contributed by atoms with van der Waals surface area (Å²) in [6.07, 6.45) is 3.32. The Morgan fingerprint density at radius 3 is 2.13 bits per heavy atom. The minimum atomic E-state index is 0.627. The van der Waals surface area contributed by atoms with Gasteiger partial charge in [0.05, 0.1) is 18.8 Å². The zero-order valence-electron chi connectivity index (χ0n) is 13.3. The molecule has 0 N–H and O–H groups in total. The smallest absolute Gasteiger partial charge is 0.187 e. The van der Waals surface area contributed by atoms with Gasteiger partial charge in [-0.25, -0.2) is 9.52 Å². The van der Waals surface area contributed by atoms with Gasteiger partial charge in [0.15, 0.2) is 5.69 Å². The highest BCUT2D eigenvalue weighted by atomic mass is 15.6. The van der Waals surface area contributed by atoms with E-state index >= 15 is 0 Å². The third-order valence-corrected chi connectivity index (χ3v) is 3.14. The summed E-state index contributed by atoms with van der Waals surface area (Å²) in [6.45, 7) is 11.7. The standard InChI is InChI=1S/C16H13N5.C2H6/c1-17-15-7-9-16(10-8-15)21(20-12-18-19-13-20)11-14-5-3-2-4-6-14;1-2/h2-10,12-13H,11H2;1-2H3. The third-order valence-electron chi connectivity index (χ3n) is 3.14. The highest BCUT2D eigenvalue weighted by molar-refractivity contribution is 5.55. The molecule has 23 heavy (non-hydrogen) atoms. The molecule has 0 bridgehead atoms. The third kappa shape index (κ3) is 4.17. The predicted octanol–water partition coefficient (Wildman–Crippen LogP) is 4.32. The molecule has 1 aromatic heterocycles. The van der Waals surface area contributed by atoms with Crippen molar-refractivity contribution in [1.82, 2.24) is 14.9 Å². The van der Waals surface area contributed by atoms with Gasteiger partial charge in [0.1, 0.15) is 12.7 Å². The fourth-order valence-electron chi connectivity index (χ4n) is 2.08. The molecule has 3 rings (SSSR count). The molecule has 0 radical (unpaired) electrons. The lowest BCUT2D eigenvalue weighted by molar-refractivity contribution is 0.686. The first kappa shape index (κ1) is 16.2. The summed E-state index contributed by atoms with van der Waals surface area (Å²) < 4.78 is 1.83. The maximum Gasteiger partial charge on any atom is 0.187 e. The van der Waals surface area contributed by atoms with Crippen molar-refractivity contribution >= 4 is 11.4 Å².